The van der Waals surface area contributed by atoms with E-state index < -0.39 is 0 Å². The Labute approximate surface area is 54.1 Å². The lowest BCUT2D eigenvalue weighted by Crippen LogP contribution is -1.68. The van der Waals surface area contributed by atoms with Gasteiger partial charge < -0.3 is 0 Å². The molecule has 1 aromatic carbocycles. The fourth-order valence-corrected chi connectivity index (χ4v) is 0.597. The molecule has 0 fully saturated rings. The van der Waals surface area contributed by atoms with Gasteiger partial charge in [0, 0.05) is 11.9 Å². The Morgan fingerprint density at radius 2 is 1.88 bits per heavy atom. The molecule has 0 aromatic heterocycles. The Kier molecular flexibility index (Phi) is 1.54. The van der Waals surface area contributed by atoms with Crippen molar-refractivity contribution in [2.45, 2.75) is 0 Å². The lowest BCUT2D eigenvalue weighted by molar-refractivity contribution is 1.61. The van der Waals surface area contributed by atoms with Gasteiger partial charge in [0.15, 0.2) is 0 Å². The van der Waals surface area contributed by atoms with E-state index in [9.17, 15) is 0 Å². The van der Waals surface area contributed by atoms with Crippen molar-refractivity contribution in [1.29, 1.82) is 0 Å². The maximum Gasteiger partial charge on any atom is 0.0444 e. The molecule has 0 heterocycles. The smallest absolute Gasteiger partial charge is 0.0444 e. The summed E-state index contributed by atoms with van der Waals surface area (Å²) in [6, 6.07) is 6.95. The van der Waals surface area contributed by atoms with Crippen LogP contribution in [0.4, 0.5) is 0 Å². The number of benzene rings is 1. The molecule has 0 amide bonds. The van der Waals surface area contributed by atoms with Gasteiger partial charge in [-0.05, 0) is 11.6 Å². The minimum atomic E-state index is 0.383. The van der Waals surface area contributed by atoms with E-state index in [0.29, 0.717) is 10.6 Å². The summed E-state index contributed by atoms with van der Waals surface area (Å²) in [5, 5.41) is 0.507. The van der Waals surface area contributed by atoms with Crippen molar-refractivity contribution in [3.63, 3.8) is 0 Å². The molecule has 39 valence electrons. The Balaban J connectivity index is 3.13. The van der Waals surface area contributed by atoms with Crippen LogP contribution in [0.15, 0.2) is 24.3 Å². The highest BCUT2D eigenvalue weighted by atomic mass is 35.5. The molecule has 0 aliphatic carbocycles. The lowest BCUT2D eigenvalue weighted by atomic mass is 10.2. The molecule has 0 saturated heterocycles. The third-order valence-corrected chi connectivity index (χ3v) is 1.20. The van der Waals surface area contributed by atoms with Gasteiger partial charge in [-0.3, -0.25) is 0 Å². The third-order valence-electron chi connectivity index (χ3n) is 0.874. The summed E-state index contributed by atoms with van der Waals surface area (Å²) in [4.78, 5) is 0. The highest BCUT2D eigenvalue weighted by Crippen LogP contribution is 2.11. The number of halogens is 1. The summed E-state index contributed by atoms with van der Waals surface area (Å²) < 4.78 is 0. The molecule has 0 saturated carbocycles. The summed E-state index contributed by atoms with van der Waals surface area (Å²) in [5.41, 5.74) is 0.383. The fourth-order valence-electron chi connectivity index (χ4n) is 0.461. The highest BCUT2D eigenvalue weighted by Gasteiger charge is 1.87. The van der Waals surface area contributed by atoms with Gasteiger partial charge in [0.05, 0.1) is 0 Å². The van der Waals surface area contributed by atoms with Crippen LogP contribution in [0.3, 0.4) is 0 Å². The van der Waals surface area contributed by atoms with Gasteiger partial charge >= 0.3 is 0 Å². The van der Waals surface area contributed by atoms with Crippen molar-refractivity contribution >= 4 is 11.6 Å². The van der Waals surface area contributed by atoms with Gasteiger partial charge in [0.25, 0.3) is 0 Å². The van der Waals surface area contributed by atoms with Crippen LogP contribution >= 0.6 is 11.6 Å². The summed E-state index contributed by atoms with van der Waals surface area (Å²) in [7, 11) is 0. The Morgan fingerprint density at radius 3 is 2.25 bits per heavy atom. The first-order valence-corrected chi connectivity index (χ1v) is 2.64. The van der Waals surface area contributed by atoms with Gasteiger partial charge in [-0.25, -0.2) is 0 Å². The lowest BCUT2D eigenvalue weighted by Gasteiger charge is -1.90. The van der Waals surface area contributed by atoms with Crippen molar-refractivity contribution < 1.29 is 0 Å². The van der Waals surface area contributed by atoms with E-state index in [-0.39, 0.29) is 0 Å². The fraction of sp³-hybridized carbons (Fsp3) is 0. The minimum absolute atomic E-state index is 0.383. The molecule has 1 rings (SSSR count). The van der Waals surface area contributed by atoms with Crippen LogP contribution < -0.4 is 0 Å². The van der Waals surface area contributed by atoms with E-state index >= 15 is 0 Å². The Bertz CT molecular complexity index is 160. The second-order valence-electron chi connectivity index (χ2n) is 1.48. The van der Waals surface area contributed by atoms with Crippen molar-refractivity contribution in [3.8, 4) is 0 Å². The van der Waals surface area contributed by atoms with E-state index in [1.54, 1.807) is 24.3 Å². The number of hydrogen-bond donors (Lipinski definition) is 0. The molecular weight excluding hydrogens is 120 g/mol. The first-order valence-electron chi connectivity index (χ1n) is 2.27. The van der Waals surface area contributed by atoms with Crippen LogP contribution in [0.25, 0.3) is 0 Å². The van der Waals surface area contributed by atoms with Gasteiger partial charge in [-0.1, -0.05) is 29.8 Å². The molecule has 0 aliphatic heterocycles. The van der Waals surface area contributed by atoms with Crippen LogP contribution in [0.2, 0.25) is 5.02 Å². The van der Waals surface area contributed by atoms with Crippen molar-refractivity contribution in [2.24, 2.45) is 0 Å². The van der Waals surface area contributed by atoms with Crippen LogP contribution in [0.1, 0.15) is 5.56 Å². The first kappa shape index (κ1) is 5.64. The zero-order valence-corrected chi connectivity index (χ0v) is 4.94. The number of rotatable bonds is 0. The maximum atomic E-state index is 7.09. The molecule has 0 spiro atoms. The molecule has 0 unspecified atom stereocenters. The van der Waals surface area contributed by atoms with E-state index in [2.05, 4.69) is 0 Å². The Morgan fingerprint density at radius 1 is 1.25 bits per heavy atom. The van der Waals surface area contributed by atoms with Crippen molar-refractivity contribution in [1.82, 2.24) is 0 Å². The van der Waals surface area contributed by atoms with Crippen molar-refractivity contribution in [3.05, 3.63) is 41.8 Å². The zero-order valence-electron chi connectivity index (χ0n) is 4.19. The summed E-state index contributed by atoms with van der Waals surface area (Å²) in [6.45, 7) is 7.09. The standard InChI is InChI=1S/C7H4Cl/c1-6-4-2-3-5-7(6)8/h2-5H. The average Bonchev–Trinajstić information content (AvgIpc) is 1.77. The average molecular weight is 124 g/mol. The van der Waals surface area contributed by atoms with Gasteiger partial charge in [0.1, 0.15) is 0 Å². The molecule has 0 N–H and O–H groups in total. The van der Waals surface area contributed by atoms with Crippen LogP contribution in [0, 0.1) is 6.92 Å². The first-order chi connectivity index (χ1) is 3.80. The van der Waals surface area contributed by atoms with Crippen molar-refractivity contribution in [2.75, 3.05) is 0 Å². The summed E-state index contributed by atoms with van der Waals surface area (Å²) in [6.07, 6.45) is 0. The predicted molar refractivity (Wildman–Crippen MR) is 33.8 cm³/mol. The predicted octanol–water partition coefficient (Wildman–Crippen LogP) is 2.28. The van der Waals surface area contributed by atoms with Gasteiger partial charge in [-0.2, -0.15) is 0 Å². The van der Waals surface area contributed by atoms with Crippen LogP contribution in [0.5, 0.6) is 0 Å². The van der Waals surface area contributed by atoms with Crippen LogP contribution in [-0.2, 0) is 0 Å². The molecule has 3 radical (unpaired) electrons. The highest BCUT2D eigenvalue weighted by molar-refractivity contribution is 6.31. The SMILES string of the molecule is [C]c1ccccc1Cl. The molecule has 0 bridgehead atoms. The maximum absolute atomic E-state index is 7.09. The molecular formula is C7H4Cl. The monoisotopic (exact) mass is 123 g/mol. The van der Waals surface area contributed by atoms with E-state index in [1.165, 1.54) is 0 Å². The molecule has 0 aliphatic rings. The van der Waals surface area contributed by atoms with E-state index in [4.69, 9.17) is 18.5 Å². The van der Waals surface area contributed by atoms with Crippen LogP contribution in [-0.4, -0.2) is 0 Å². The molecule has 8 heavy (non-hydrogen) atoms. The zero-order chi connectivity index (χ0) is 5.98. The topological polar surface area (TPSA) is 0 Å². The Hall–Kier alpha value is -0.490. The summed E-state index contributed by atoms with van der Waals surface area (Å²) in [5.74, 6) is 0. The normalized spacial score (nSPS) is 9.25. The molecule has 0 nitrogen and oxygen atoms in total. The van der Waals surface area contributed by atoms with Gasteiger partial charge in [-0.15, -0.1) is 0 Å². The van der Waals surface area contributed by atoms with Gasteiger partial charge in [0.2, 0.25) is 0 Å². The molecule has 1 heteroatoms. The van der Waals surface area contributed by atoms with E-state index in [1.807, 2.05) is 0 Å². The largest absolute Gasteiger partial charge is 0.0840 e. The quantitative estimate of drug-likeness (QED) is 0.497. The third kappa shape index (κ3) is 1.01. The summed E-state index contributed by atoms with van der Waals surface area (Å²) >= 11 is 5.52. The second kappa shape index (κ2) is 2.19. The second-order valence-corrected chi connectivity index (χ2v) is 1.89. The van der Waals surface area contributed by atoms with E-state index in [0.717, 1.165) is 0 Å². The number of hydrogen-bond acceptors (Lipinski definition) is 0. The minimum Gasteiger partial charge on any atom is -0.0840 e. The molecule has 0 atom stereocenters. The molecule has 1 aromatic rings.